The summed E-state index contributed by atoms with van der Waals surface area (Å²) in [4.78, 5) is 98.8. The third-order valence-corrected chi connectivity index (χ3v) is 12.6. The van der Waals surface area contributed by atoms with Crippen LogP contribution in [0.2, 0.25) is 10.0 Å². The van der Waals surface area contributed by atoms with Crippen molar-refractivity contribution in [1.29, 1.82) is 0 Å². The Bertz CT molecular complexity index is 1770. The van der Waals surface area contributed by atoms with E-state index in [-0.39, 0.29) is 76.3 Å². The zero-order chi connectivity index (χ0) is 45.2. The first kappa shape index (κ1) is 49.5. The maximum atomic E-state index is 14.4. The lowest BCUT2D eigenvalue weighted by atomic mass is 9.72. The fraction of sp³-hybridized carbons (Fsp3) is 0.690. The Balaban J connectivity index is 1.59. The number of nitrogens with zero attached hydrogens (tertiary/aromatic N) is 2. The highest BCUT2D eigenvalue weighted by molar-refractivity contribution is 6.33. The van der Waals surface area contributed by atoms with Gasteiger partial charge in [-0.15, -0.1) is 0 Å². The molecule has 19 heteroatoms. The summed E-state index contributed by atoms with van der Waals surface area (Å²) in [6, 6.07) is -1.29. The van der Waals surface area contributed by atoms with Gasteiger partial charge in [0.2, 0.25) is 41.4 Å². The number of hydrogen-bond donors (Lipinski definition) is 5. The molecule has 14 nitrogen and oxygen atoms in total. The van der Waals surface area contributed by atoms with Crippen molar-refractivity contribution >= 4 is 64.6 Å². The van der Waals surface area contributed by atoms with E-state index in [1.807, 2.05) is 13.8 Å². The highest BCUT2D eigenvalue weighted by Gasteiger charge is 2.60. The molecule has 7 amide bonds. The van der Waals surface area contributed by atoms with Crippen molar-refractivity contribution in [3.63, 3.8) is 0 Å². The minimum Gasteiger partial charge on any atom is -0.355 e. The predicted octanol–water partition coefficient (Wildman–Crippen LogP) is 4.44. The number of alkyl halides is 3. The van der Waals surface area contributed by atoms with Crippen LogP contribution in [0.3, 0.4) is 0 Å². The van der Waals surface area contributed by atoms with Crippen LogP contribution >= 0.6 is 23.2 Å². The fourth-order valence-corrected chi connectivity index (χ4v) is 8.48. The summed E-state index contributed by atoms with van der Waals surface area (Å²) >= 11 is 12.7. The van der Waals surface area contributed by atoms with E-state index < -0.39 is 83.2 Å². The molecule has 2 aliphatic carbocycles. The molecule has 4 rings (SSSR count). The molecule has 1 aromatic carbocycles. The van der Waals surface area contributed by atoms with Crippen LogP contribution in [0.25, 0.3) is 0 Å². The second-order valence-electron chi connectivity index (χ2n) is 17.0. The Labute approximate surface area is 365 Å². The van der Waals surface area contributed by atoms with Gasteiger partial charge in [-0.1, -0.05) is 63.2 Å². The largest absolute Gasteiger partial charge is 0.403 e. The highest BCUT2D eigenvalue weighted by Crippen LogP contribution is 2.49. The van der Waals surface area contributed by atoms with E-state index in [0.717, 1.165) is 0 Å². The molecule has 5 N–H and O–H groups in total. The number of carbonyl (C=O) groups excluding carboxylic acids is 7. The van der Waals surface area contributed by atoms with E-state index in [1.165, 1.54) is 23.9 Å². The first-order valence-corrected chi connectivity index (χ1v) is 22.0. The van der Waals surface area contributed by atoms with Gasteiger partial charge in [0.25, 0.3) is 0 Å². The number of rotatable bonds is 12. The molecule has 0 bridgehead atoms. The van der Waals surface area contributed by atoms with Crippen molar-refractivity contribution in [3.05, 3.63) is 33.8 Å². The van der Waals surface area contributed by atoms with E-state index in [0.29, 0.717) is 47.7 Å². The molecule has 0 aromatic heterocycles. The Morgan fingerprint density at radius 3 is 2.23 bits per heavy atom. The van der Waals surface area contributed by atoms with Crippen LogP contribution < -0.4 is 26.6 Å². The number of nitrogens with one attached hydrogen (secondary N) is 5. The minimum atomic E-state index is -4.81. The first-order valence-electron chi connectivity index (χ1n) is 21.2. The molecular formula is C42H60Cl2F3N7O7. The number of amides is 7. The maximum Gasteiger partial charge on any atom is 0.403 e. The van der Waals surface area contributed by atoms with Crippen molar-refractivity contribution in [2.45, 2.75) is 141 Å². The normalized spacial score (nSPS) is 23.3. The molecule has 0 radical (unpaired) electrons. The number of hydrogen-bond acceptors (Lipinski definition) is 7. The van der Waals surface area contributed by atoms with Crippen molar-refractivity contribution in [1.82, 2.24) is 36.4 Å². The maximum absolute atomic E-state index is 14.4. The molecule has 0 unspecified atom stereocenters. The molecule has 2 saturated carbocycles. The summed E-state index contributed by atoms with van der Waals surface area (Å²) in [5, 5.41) is 13.8. The van der Waals surface area contributed by atoms with E-state index in [1.54, 1.807) is 25.1 Å². The first-order chi connectivity index (χ1) is 28.7. The Morgan fingerprint density at radius 2 is 1.62 bits per heavy atom. The molecule has 1 heterocycles. The van der Waals surface area contributed by atoms with Gasteiger partial charge in [-0.25, -0.2) is 0 Å². The van der Waals surface area contributed by atoms with Crippen molar-refractivity contribution in [2.24, 2.45) is 17.3 Å². The van der Waals surface area contributed by atoms with Crippen molar-refractivity contribution in [2.75, 3.05) is 27.2 Å². The minimum absolute atomic E-state index is 0.0388. The van der Waals surface area contributed by atoms with Crippen LogP contribution in [0.1, 0.15) is 103 Å². The number of carbonyl (C=O) groups is 7. The number of halogens is 5. The Morgan fingerprint density at radius 1 is 0.951 bits per heavy atom. The summed E-state index contributed by atoms with van der Waals surface area (Å²) in [7, 11) is 2.82. The second-order valence-corrected chi connectivity index (χ2v) is 17.9. The standard InChI is InChI=1S/C42H60Cl2F3N7O7/c1-6-29(51-40(61)41(42(45,46)47)17-9-7-10-18-41)35(56)52-34(25-13-14-25)39(60)53(4)31-12-8-11-19-48-33(55)23-49-36(57)32(22-26-21-27(43)15-16-28(26)44)54(5)38(59)30(20-24(2)3)50-37(31)58/h15-16,21,24-25,29-32,34H,6-14,17-20,22-23H2,1-5H3,(H,48,55)(H,49,57)(H,50,58)(H,51,61)(H,52,56)/t29-,30-,31-,32-,34-/m0/s1. The van der Waals surface area contributed by atoms with Crippen LogP contribution in [-0.4, -0.2) is 115 Å². The molecule has 1 aromatic rings. The van der Waals surface area contributed by atoms with Crippen molar-refractivity contribution < 1.29 is 46.7 Å². The summed E-state index contributed by atoms with van der Waals surface area (Å²) in [6.07, 6.45) is -2.53. The monoisotopic (exact) mass is 901 g/mol. The molecule has 1 aliphatic heterocycles. The van der Waals surface area contributed by atoms with Gasteiger partial charge in [-0.3, -0.25) is 33.6 Å². The molecule has 340 valence electrons. The average molecular weight is 903 g/mol. The molecule has 5 atom stereocenters. The number of likely N-dealkylation sites (N-methyl/N-ethyl adjacent to an activating group) is 2. The predicted molar refractivity (Wildman–Crippen MR) is 223 cm³/mol. The lowest BCUT2D eigenvalue weighted by Crippen LogP contribution is -2.61. The van der Waals surface area contributed by atoms with E-state index >= 15 is 0 Å². The van der Waals surface area contributed by atoms with Gasteiger partial charge < -0.3 is 36.4 Å². The summed E-state index contributed by atoms with van der Waals surface area (Å²) in [6.45, 7) is 5.08. The zero-order valence-electron chi connectivity index (χ0n) is 35.5. The Kier molecular flexibility index (Phi) is 17.7. The summed E-state index contributed by atoms with van der Waals surface area (Å²) < 4.78 is 43.0. The lowest BCUT2D eigenvalue weighted by Gasteiger charge is -2.38. The van der Waals surface area contributed by atoms with Crippen LogP contribution in [0.15, 0.2) is 18.2 Å². The summed E-state index contributed by atoms with van der Waals surface area (Å²) in [5.41, 5.74) is -2.14. The van der Waals surface area contributed by atoms with Crippen LogP contribution in [0.5, 0.6) is 0 Å². The van der Waals surface area contributed by atoms with Crippen LogP contribution in [0.4, 0.5) is 13.2 Å². The zero-order valence-corrected chi connectivity index (χ0v) is 37.0. The lowest BCUT2D eigenvalue weighted by molar-refractivity contribution is -0.230. The van der Waals surface area contributed by atoms with Gasteiger partial charge in [-0.2, -0.15) is 13.2 Å². The van der Waals surface area contributed by atoms with Crippen LogP contribution in [-0.2, 0) is 40.0 Å². The quantitative estimate of drug-likeness (QED) is 0.205. The fourth-order valence-electron chi connectivity index (χ4n) is 8.09. The van der Waals surface area contributed by atoms with Gasteiger partial charge in [-0.05, 0) is 93.4 Å². The van der Waals surface area contributed by atoms with Crippen LogP contribution in [0, 0.1) is 17.3 Å². The van der Waals surface area contributed by atoms with Crippen molar-refractivity contribution in [3.8, 4) is 0 Å². The third kappa shape index (κ3) is 13.0. The smallest absolute Gasteiger partial charge is 0.355 e. The topological polar surface area (TPSA) is 186 Å². The summed E-state index contributed by atoms with van der Waals surface area (Å²) in [5.74, 6) is -5.54. The number of benzene rings is 1. The average Bonchev–Trinajstić information content (AvgIpc) is 4.06. The molecule has 0 spiro atoms. The van der Waals surface area contributed by atoms with E-state index in [2.05, 4.69) is 26.6 Å². The molecule has 1 saturated heterocycles. The van der Waals surface area contributed by atoms with E-state index in [9.17, 15) is 46.7 Å². The Hall–Kier alpha value is -4.12. The molecular weight excluding hydrogens is 842 g/mol. The van der Waals surface area contributed by atoms with Gasteiger partial charge in [0, 0.05) is 37.1 Å². The van der Waals surface area contributed by atoms with Gasteiger partial charge in [0.05, 0.1) is 6.54 Å². The third-order valence-electron chi connectivity index (χ3n) is 12.0. The molecule has 3 aliphatic rings. The molecule has 3 fully saturated rings. The SMILES string of the molecule is CC[C@H](NC(=O)C1(C(F)(F)F)CCCCC1)C(=O)N[C@H](C(=O)N(C)[C@H]1CCCCNC(=O)CNC(=O)[C@H](Cc2cc(Cl)ccc2Cl)N(C)C(=O)[C@H](CC(C)C)NC1=O)C1CC1. The van der Waals surface area contributed by atoms with E-state index in [4.69, 9.17) is 23.2 Å². The van der Waals surface area contributed by atoms with Gasteiger partial charge in [0.15, 0.2) is 0 Å². The van der Waals surface area contributed by atoms with Gasteiger partial charge >= 0.3 is 6.18 Å². The second kappa shape index (κ2) is 21.8. The highest BCUT2D eigenvalue weighted by atomic mass is 35.5. The van der Waals surface area contributed by atoms with Gasteiger partial charge in [0.1, 0.15) is 35.6 Å². The molecule has 61 heavy (non-hydrogen) atoms.